The Labute approximate surface area is 169 Å². The molecular weight excluding hydrogens is 426 g/mol. The van der Waals surface area contributed by atoms with Crippen LogP contribution in [0.4, 0.5) is 20.2 Å². The zero-order valence-electron chi connectivity index (χ0n) is 14.9. The molecule has 0 saturated carbocycles. The van der Waals surface area contributed by atoms with Crippen LogP contribution < -0.4 is 4.72 Å². The van der Waals surface area contributed by atoms with Gasteiger partial charge in [0.2, 0.25) is 21.5 Å². The van der Waals surface area contributed by atoms with Crippen LogP contribution in [0.15, 0.2) is 24.5 Å². The van der Waals surface area contributed by atoms with E-state index in [1.807, 2.05) is 4.72 Å². The van der Waals surface area contributed by atoms with Crippen molar-refractivity contribution in [1.82, 2.24) is 9.97 Å². The van der Waals surface area contributed by atoms with Crippen molar-refractivity contribution < 1.29 is 22.0 Å². The molecule has 150 valence electrons. The summed E-state index contributed by atoms with van der Waals surface area (Å²) in [4.78, 5) is 22.7. The number of rotatable bonds is 6. The number of carbonyl (C=O) groups excluding carboxylic acids is 1. The Hall–Kier alpha value is -3.03. The maximum Gasteiger partial charge on any atom is 0.232 e. The maximum absolute atomic E-state index is 14.9. The average molecular weight is 439 g/mol. The number of sulfonamides is 1. The standard InChI is InChI=1S/C18H13ClF2N4O3S/c1-3-6-29(27,28)25-11-5-4-10(20)14(16(11)21)17(26)9-7-23-18-13(9)15(19)12(22-2)8-24-18/h4-5,7-8,25H,3,6H2,1H3,(H,23,24). The molecule has 0 aliphatic heterocycles. The van der Waals surface area contributed by atoms with Gasteiger partial charge < -0.3 is 4.98 Å². The van der Waals surface area contributed by atoms with Crippen LogP contribution in [-0.4, -0.2) is 29.9 Å². The monoisotopic (exact) mass is 438 g/mol. The van der Waals surface area contributed by atoms with Crippen molar-refractivity contribution in [1.29, 1.82) is 0 Å². The number of hydrogen-bond donors (Lipinski definition) is 2. The van der Waals surface area contributed by atoms with Gasteiger partial charge in [0.25, 0.3) is 0 Å². The third kappa shape index (κ3) is 3.79. The molecule has 3 aromatic rings. The molecule has 1 aromatic carbocycles. The highest BCUT2D eigenvalue weighted by molar-refractivity contribution is 7.92. The Kier molecular flexibility index (Phi) is 5.55. The second-order valence-electron chi connectivity index (χ2n) is 6.03. The van der Waals surface area contributed by atoms with E-state index in [-0.39, 0.29) is 39.5 Å². The Morgan fingerprint density at radius 2 is 2.10 bits per heavy atom. The highest BCUT2D eigenvalue weighted by Crippen LogP contribution is 2.35. The van der Waals surface area contributed by atoms with Gasteiger partial charge in [-0.25, -0.2) is 22.0 Å². The largest absolute Gasteiger partial charge is 0.345 e. The highest BCUT2D eigenvalue weighted by atomic mass is 35.5. The topological polar surface area (TPSA) is 96.3 Å². The van der Waals surface area contributed by atoms with Crippen LogP contribution in [0, 0.1) is 18.2 Å². The number of aromatic nitrogens is 2. The molecule has 0 aliphatic carbocycles. The summed E-state index contributed by atoms with van der Waals surface area (Å²) in [6, 6.07) is 1.69. The second kappa shape index (κ2) is 7.77. The number of fused-ring (bicyclic) bond motifs is 1. The molecular formula is C18H13ClF2N4O3S. The summed E-state index contributed by atoms with van der Waals surface area (Å²) < 4.78 is 55.1. The van der Waals surface area contributed by atoms with E-state index in [1.165, 1.54) is 12.4 Å². The van der Waals surface area contributed by atoms with Gasteiger partial charge in [-0.1, -0.05) is 18.5 Å². The van der Waals surface area contributed by atoms with Crippen molar-refractivity contribution in [3.63, 3.8) is 0 Å². The first kappa shape index (κ1) is 20.7. The molecule has 0 unspecified atom stereocenters. The predicted molar refractivity (Wildman–Crippen MR) is 105 cm³/mol. The van der Waals surface area contributed by atoms with Gasteiger partial charge >= 0.3 is 0 Å². The van der Waals surface area contributed by atoms with Crippen molar-refractivity contribution in [3.05, 3.63) is 63.7 Å². The Balaban J connectivity index is 2.15. The molecule has 0 radical (unpaired) electrons. The normalized spacial score (nSPS) is 11.4. The average Bonchev–Trinajstić information content (AvgIpc) is 3.09. The van der Waals surface area contributed by atoms with Crippen LogP contribution in [-0.2, 0) is 10.0 Å². The Morgan fingerprint density at radius 3 is 2.76 bits per heavy atom. The molecule has 3 rings (SSSR count). The lowest BCUT2D eigenvalue weighted by molar-refractivity contribution is 0.103. The van der Waals surface area contributed by atoms with Gasteiger partial charge in [-0.3, -0.25) is 14.5 Å². The minimum absolute atomic E-state index is 0.0326. The number of ketones is 1. The summed E-state index contributed by atoms with van der Waals surface area (Å²) in [5.74, 6) is -3.87. The zero-order valence-corrected chi connectivity index (χ0v) is 16.5. The summed E-state index contributed by atoms with van der Waals surface area (Å²) in [5.41, 5.74) is -1.57. The molecule has 0 bridgehead atoms. The quantitative estimate of drug-likeness (QED) is 0.439. The van der Waals surface area contributed by atoms with Crippen LogP contribution in [0.1, 0.15) is 29.3 Å². The van der Waals surface area contributed by atoms with E-state index in [9.17, 15) is 22.0 Å². The SMILES string of the molecule is [C-]#[N+]c1cnc2[nH]cc(C(=O)c3c(F)ccc(NS(=O)(=O)CCC)c3F)c2c1Cl. The van der Waals surface area contributed by atoms with Gasteiger partial charge in [-0.15, -0.1) is 0 Å². The molecule has 7 nitrogen and oxygen atoms in total. The molecule has 0 spiro atoms. The summed E-state index contributed by atoms with van der Waals surface area (Å²) in [6.07, 6.45) is 2.66. The van der Waals surface area contributed by atoms with Crippen LogP contribution in [0.3, 0.4) is 0 Å². The number of benzene rings is 1. The summed E-state index contributed by atoms with van der Waals surface area (Å²) in [5, 5.41) is -0.0452. The van der Waals surface area contributed by atoms with E-state index in [1.54, 1.807) is 6.92 Å². The van der Waals surface area contributed by atoms with Gasteiger partial charge in [0.15, 0.2) is 5.82 Å². The lowest BCUT2D eigenvalue weighted by Gasteiger charge is -2.11. The number of hydrogen-bond acceptors (Lipinski definition) is 4. The second-order valence-corrected chi connectivity index (χ2v) is 8.25. The van der Waals surface area contributed by atoms with E-state index in [2.05, 4.69) is 14.8 Å². The third-order valence-corrected chi connectivity index (χ3v) is 5.90. The van der Waals surface area contributed by atoms with E-state index in [0.717, 1.165) is 12.1 Å². The van der Waals surface area contributed by atoms with Gasteiger partial charge in [0.1, 0.15) is 11.5 Å². The molecule has 2 N–H and O–H groups in total. The van der Waals surface area contributed by atoms with Gasteiger partial charge in [0.05, 0.1) is 28.6 Å². The van der Waals surface area contributed by atoms with E-state index >= 15 is 0 Å². The van der Waals surface area contributed by atoms with E-state index in [0.29, 0.717) is 0 Å². The number of nitrogens with one attached hydrogen (secondary N) is 2. The molecule has 29 heavy (non-hydrogen) atoms. The number of nitrogens with zero attached hydrogens (tertiary/aromatic N) is 2. The number of H-pyrrole nitrogens is 1. The molecule has 0 aliphatic rings. The minimum atomic E-state index is -3.86. The van der Waals surface area contributed by atoms with Crippen LogP contribution in [0.5, 0.6) is 0 Å². The zero-order chi connectivity index (χ0) is 21.3. The molecule has 2 aromatic heterocycles. The fourth-order valence-electron chi connectivity index (χ4n) is 2.77. The smallest absolute Gasteiger partial charge is 0.232 e. The lowest BCUT2D eigenvalue weighted by atomic mass is 10.0. The Bertz CT molecular complexity index is 1280. The van der Waals surface area contributed by atoms with Gasteiger partial charge in [0, 0.05) is 23.3 Å². The predicted octanol–water partition coefficient (Wildman–Crippen LogP) is 4.43. The van der Waals surface area contributed by atoms with Crippen molar-refractivity contribution >= 4 is 49.8 Å². The van der Waals surface area contributed by atoms with E-state index in [4.69, 9.17) is 18.2 Å². The fraction of sp³-hybridized carbons (Fsp3) is 0.167. The minimum Gasteiger partial charge on any atom is -0.345 e. The maximum atomic E-state index is 14.9. The molecule has 0 atom stereocenters. The molecule has 0 amide bonds. The molecule has 2 heterocycles. The summed E-state index contributed by atoms with van der Waals surface area (Å²) in [7, 11) is -3.86. The van der Waals surface area contributed by atoms with E-state index < -0.39 is 38.7 Å². The van der Waals surface area contributed by atoms with Gasteiger partial charge in [-0.2, -0.15) is 0 Å². The highest BCUT2D eigenvalue weighted by Gasteiger charge is 2.27. The molecule has 0 fully saturated rings. The van der Waals surface area contributed by atoms with Crippen molar-refractivity contribution in [2.24, 2.45) is 0 Å². The first-order chi connectivity index (χ1) is 13.7. The van der Waals surface area contributed by atoms with Crippen molar-refractivity contribution in [2.75, 3.05) is 10.5 Å². The van der Waals surface area contributed by atoms with Crippen molar-refractivity contribution in [3.8, 4) is 0 Å². The number of pyridine rings is 1. The van der Waals surface area contributed by atoms with Crippen molar-refractivity contribution in [2.45, 2.75) is 13.3 Å². The Morgan fingerprint density at radius 1 is 1.38 bits per heavy atom. The molecule has 11 heteroatoms. The summed E-state index contributed by atoms with van der Waals surface area (Å²) in [6.45, 7) is 8.72. The number of anilines is 1. The lowest BCUT2D eigenvalue weighted by Crippen LogP contribution is -2.18. The fourth-order valence-corrected chi connectivity index (χ4v) is 4.18. The molecule has 0 saturated heterocycles. The van der Waals surface area contributed by atoms with Crippen LogP contribution in [0.25, 0.3) is 15.9 Å². The summed E-state index contributed by atoms with van der Waals surface area (Å²) >= 11 is 6.15. The third-order valence-electron chi connectivity index (χ3n) is 4.04. The van der Waals surface area contributed by atoms with Crippen LogP contribution >= 0.6 is 11.6 Å². The number of carbonyl (C=O) groups is 1. The number of halogens is 3. The van der Waals surface area contributed by atoms with Crippen LogP contribution in [0.2, 0.25) is 5.02 Å². The van der Waals surface area contributed by atoms with Gasteiger partial charge in [-0.05, 0) is 18.6 Å². The first-order valence-corrected chi connectivity index (χ1v) is 10.3. The number of aromatic amines is 1. The first-order valence-electron chi connectivity index (χ1n) is 8.26.